The van der Waals surface area contributed by atoms with Crippen LogP contribution in [-0.4, -0.2) is 26.5 Å². The smallest absolute Gasteiger partial charge is 0.328 e. The van der Waals surface area contributed by atoms with E-state index in [9.17, 15) is 13.2 Å². The van der Waals surface area contributed by atoms with E-state index in [4.69, 9.17) is 5.11 Å². The van der Waals surface area contributed by atoms with Gasteiger partial charge in [-0.3, -0.25) is 0 Å². The predicted octanol–water partition coefficient (Wildman–Crippen LogP) is 4.09. The molecule has 0 aromatic carbocycles. The van der Waals surface area contributed by atoms with Crippen LogP contribution in [-0.2, 0) is 14.8 Å². The summed E-state index contributed by atoms with van der Waals surface area (Å²) >= 11 is 0. The molecular formula is C20H29NO4S. The first-order chi connectivity index (χ1) is 12.0. The van der Waals surface area contributed by atoms with Crippen LogP contribution in [0.25, 0.3) is 0 Å². The summed E-state index contributed by atoms with van der Waals surface area (Å²) in [6.07, 6.45) is 12.6. The van der Waals surface area contributed by atoms with E-state index in [0.717, 1.165) is 30.1 Å². The van der Waals surface area contributed by atoms with E-state index in [1.165, 1.54) is 7.05 Å². The van der Waals surface area contributed by atoms with Gasteiger partial charge in [0.1, 0.15) is 0 Å². The molecule has 1 rings (SSSR count). The van der Waals surface area contributed by atoms with E-state index in [-0.39, 0.29) is 5.41 Å². The molecule has 0 atom stereocenters. The Bertz CT molecular complexity index is 794. The van der Waals surface area contributed by atoms with Crippen molar-refractivity contribution >= 4 is 16.0 Å². The molecule has 1 aliphatic rings. The molecule has 0 radical (unpaired) electrons. The molecule has 0 aliphatic heterocycles. The van der Waals surface area contributed by atoms with Crippen LogP contribution >= 0.6 is 0 Å². The molecule has 0 unspecified atom stereocenters. The van der Waals surface area contributed by atoms with Gasteiger partial charge in [0.05, 0.1) is 4.91 Å². The fourth-order valence-electron chi connectivity index (χ4n) is 2.92. The van der Waals surface area contributed by atoms with Gasteiger partial charge >= 0.3 is 5.97 Å². The maximum absolute atomic E-state index is 12.3. The molecule has 0 heterocycles. The Hall–Kier alpha value is -1.92. The monoisotopic (exact) mass is 379 g/mol. The molecule has 0 spiro atoms. The Morgan fingerprint density at radius 2 is 1.85 bits per heavy atom. The Balaban J connectivity index is 3.13. The summed E-state index contributed by atoms with van der Waals surface area (Å²) in [5.74, 6) is -0.975. The van der Waals surface area contributed by atoms with E-state index in [1.807, 2.05) is 25.2 Å². The lowest BCUT2D eigenvalue weighted by Gasteiger charge is -2.33. The normalized spacial score (nSPS) is 19.6. The van der Waals surface area contributed by atoms with Gasteiger partial charge in [-0.2, -0.15) is 0 Å². The number of rotatable bonds is 7. The molecule has 2 N–H and O–H groups in total. The van der Waals surface area contributed by atoms with Gasteiger partial charge < -0.3 is 5.11 Å². The molecule has 0 bridgehead atoms. The number of carbonyl (C=O) groups is 1. The minimum Gasteiger partial charge on any atom is -0.478 e. The summed E-state index contributed by atoms with van der Waals surface area (Å²) in [5, 5.41) is 8.68. The second-order valence-electron chi connectivity index (χ2n) is 7.11. The standard InChI is InChI=1S/C20H29NO4S/c1-15(8-6-9-16(2)14-19(22)23)11-12-17-18(26(24,25)21-5)10-7-13-20(17,3)4/h6,8-9,11-12,14,21H,7,10,13H2,1-5H3,(H,22,23)/b9-6+,12-11+,15-8+,16-14+. The zero-order valence-electron chi connectivity index (χ0n) is 16.2. The summed E-state index contributed by atoms with van der Waals surface area (Å²) in [5.41, 5.74) is 2.23. The fraction of sp³-hybridized carbons (Fsp3) is 0.450. The highest BCUT2D eigenvalue weighted by molar-refractivity contribution is 7.93. The highest BCUT2D eigenvalue weighted by Gasteiger charge is 2.33. The van der Waals surface area contributed by atoms with Crippen LogP contribution in [0.4, 0.5) is 0 Å². The number of allylic oxidation sites excluding steroid dienone is 9. The van der Waals surface area contributed by atoms with Gasteiger partial charge in [0.25, 0.3) is 0 Å². The van der Waals surface area contributed by atoms with E-state index in [1.54, 1.807) is 19.1 Å². The van der Waals surface area contributed by atoms with Gasteiger partial charge in [-0.1, -0.05) is 49.8 Å². The second-order valence-corrected chi connectivity index (χ2v) is 9.02. The molecule has 0 aromatic rings. The quantitative estimate of drug-likeness (QED) is 0.515. The van der Waals surface area contributed by atoms with Gasteiger partial charge in [0.15, 0.2) is 0 Å². The number of hydrogen-bond acceptors (Lipinski definition) is 3. The zero-order valence-corrected chi connectivity index (χ0v) is 17.0. The molecular weight excluding hydrogens is 350 g/mol. The first-order valence-electron chi connectivity index (χ1n) is 8.61. The Labute approximate surface area is 156 Å². The minimum atomic E-state index is -3.45. The average molecular weight is 380 g/mol. The molecule has 1 aliphatic carbocycles. The number of aliphatic carboxylic acids is 1. The first-order valence-corrected chi connectivity index (χ1v) is 10.1. The first kappa shape index (κ1) is 22.1. The topological polar surface area (TPSA) is 83.5 Å². The highest BCUT2D eigenvalue weighted by atomic mass is 32.2. The predicted molar refractivity (Wildman–Crippen MR) is 106 cm³/mol. The summed E-state index contributed by atoms with van der Waals surface area (Å²) in [4.78, 5) is 11.1. The molecule has 144 valence electrons. The van der Waals surface area contributed by atoms with Crippen LogP contribution in [0.5, 0.6) is 0 Å². The van der Waals surface area contributed by atoms with Gasteiger partial charge in [0.2, 0.25) is 10.0 Å². The summed E-state index contributed by atoms with van der Waals surface area (Å²) in [6.45, 7) is 7.76. The van der Waals surface area contributed by atoms with Crippen LogP contribution in [0.15, 0.2) is 58.1 Å². The van der Waals surface area contributed by atoms with Crippen LogP contribution in [0.1, 0.15) is 47.0 Å². The lowest BCUT2D eigenvalue weighted by Crippen LogP contribution is -2.28. The molecule has 0 aromatic heterocycles. The van der Waals surface area contributed by atoms with Crippen molar-refractivity contribution in [3.05, 3.63) is 58.1 Å². The van der Waals surface area contributed by atoms with E-state index < -0.39 is 16.0 Å². The number of carboxylic acid groups (broad SMARTS) is 1. The molecule has 5 nitrogen and oxygen atoms in total. The molecule has 0 amide bonds. The molecule has 0 fully saturated rings. The van der Waals surface area contributed by atoms with E-state index in [0.29, 0.717) is 16.9 Å². The largest absolute Gasteiger partial charge is 0.478 e. The van der Waals surface area contributed by atoms with Crippen LogP contribution < -0.4 is 4.72 Å². The molecule has 0 saturated carbocycles. The zero-order chi connectivity index (χ0) is 20.0. The van der Waals surface area contributed by atoms with Crippen molar-refractivity contribution in [3.63, 3.8) is 0 Å². The third-order valence-corrected chi connectivity index (χ3v) is 6.02. The molecule has 6 heteroatoms. The van der Waals surface area contributed by atoms with Crippen LogP contribution in [0.2, 0.25) is 0 Å². The molecule has 0 saturated heterocycles. The van der Waals surface area contributed by atoms with E-state index >= 15 is 0 Å². The van der Waals surface area contributed by atoms with Gasteiger partial charge in [-0.05, 0) is 56.7 Å². The minimum absolute atomic E-state index is 0.203. The summed E-state index contributed by atoms with van der Waals surface area (Å²) in [7, 11) is -2.01. The van der Waals surface area contributed by atoms with Crippen LogP contribution in [0, 0.1) is 5.41 Å². The second kappa shape index (κ2) is 9.14. The van der Waals surface area contributed by atoms with Crippen molar-refractivity contribution in [1.82, 2.24) is 4.72 Å². The van der Waals surface area contributed by atoms with Crippen LogP contribution in [0.3, 0.4) is 0 Å². The van der Waals surface area contributed by atoms with Crippen molar-refractivity contribution in [3.8, 4) is 0 Å². The van der Waals surface area contributed by atoms with Gasteiger partial charge in [-0.15, -0.1) is 0 Å². The third kappa shape index (κ3) is 6.42. The number of sulfonamides is 1. The Morgan fingerprint density at radius 3 is 2.42 bits per heavy atom. The van der Waals surface area contributed by atoms with Crippen molar-refractivity contribution in [2.24, 2.45) is 5.41 Å². The van der Waals surface area contributed by atoms with Crippen molar-refractivity contribution < 1.29 is 18.3 Å². The number of nitrogens with one attached hydrogen (secondary N) is 1. The van der Waals surface area contributed by atoms with Crippen molar-refractivity contribution in [2.75, 3.05) is 7.05 Å². The Kier molecular flexibility index (Phi) is 7.78. The lowest BCUT2D eigenvalue weighted by atomic mass is 9.75. The maximum Gasteiger partial charge on any atom is 0.328 e. The number of carboxylic acids is 1. The number of hydrogen-bond donors (Lipinski definition) is 2. The Morgan fingerprint density at radius 1 is 1.19 bits per heavy atom. The summed E-state index contributed by atoms with van der Waals surface area (Å²) in [6, 6.07) is 0. The van der Waals surface area contributed by atoms with Crippen molar-refractivity contribution in [1.29, 1.82) is 0 Å². The SMILES string of the molecule is CNS(=O)(=O)C1=C(/C=C/C(C)=C/C=C/C(C)=C/C(=O)O)C(C)(C)CCC1. The van der Waals surface area contributed by atoms with E-state index in [2.05, 4.69) is 18.6 Å². The van der Waals surface area contributed by atoms with Crippen molar-refractivity contribution in [2.45, 2.75) is 47.0 Å². The van der Waals surface area contributed by atoms with Gasteiger partial charge in [0, 0.05) is 6.08 Å². The highest BCUT2D eigenvalue weighted by Crippen LogP contribution is 2.42. The lowest BCUT2D eigenvalue weighted by molar-refractivity contribution is -0.131. The molecule has 26 heavy (non-hydrogen) atoms. The van der Waals surface area contributed by atoms with Gasteiger partial charge in [-0.25, -0.2) is 17.9 Å². The maximum atomic E-state index is 12.3. The average Bonchev–Trinajstić information content (AvgIpc) is 2.52. The summed E-state index contributed by atoms with van der Waals surface area (Å²) < 4.78 is 27.1. The third-order valence-electron chi connectivity index (χ3n) is 4.41. The fourth-order valence-corrected chi connectivity index (χ4v) is 4.22.